The molecule has 0 unspecified atom stereocenters. The Balaban J connectivity index is 1.81. The Morgan fingerprint density at radius 1 is 1.10 bits per heavy atom. The molecule has 2 aliphatic rings. The van der Waals surface area contributed by atoms with Gasteiger partial charge in [-0.1, -0.05) is 43.2 Å². The van der Waals surface area contributed by atoms with E-state index >= 15 is 0 Å². The highest BCUT2D eigenvalue weighted by Crippen LogP contribution is 2.59. The molecule has 116 valence electrons. The van der Waals surface area contributed by atoms with Gasteiger partial charge in [0.2, 0.25) is 0 Å². The van der Waals surface area contributed by atoms with Crippen LogP contribution in [-0.2, 0) is 4.57 Å². The summed E-state index contributed by atoms with van der Waals surface area (Å²) in [5.74, 6) is 0. The van der Waals surface area contributed by atoms with Crippen LogP contribution in [0.5, 0.6) is 0 Å². The Kier molecular flexibility index (Phi) is 4.24. The highest BCUT2D eigenvalue weighted by atomic mass is 31.2. The molecule has 1 heterocycles. The van der Waals surface area contributed by atoms with E-state index in [1.165, 1.54) is 18.4 Å². The van der Waals surface area contributed by atoms with Gasteiger partial charge in [-0.05, 0) is 39.4 Å². The number of rotatable bonds is 3. The van der Waals surface area contributed by atoms with Crippen molar-refractivity contribution in [2.75, 3.05) is 14.1 Å². The van der Waals surface area contributed by atoms with Crippen LogP contribution in [-0.4, -0.2) is 35.5 Å². The van der Waals surface area contributed by atoms with Crippen molar-refractivity contribution >= 4 is 7.59 Å². The lowest BCUT2D eigenvalue weighted by molar-refractivity contribution is 0.233. The zero-order valence-corrected chi connectivity index (χ0v) is 14.1. The number of hydrogen-bond acceptors (Lipinski definition) is 1. The van der Waals surface area contributed by atoms with Crippen molar-refractivity contribution in [2.24, 2.45) is 0 Å². The summed E-state index contributed by atoms with van der Waals surface area (Å²) in [4.78, 5) is 0. The predicted molar refractivity (Wildman–Crippen MR) is 87.2 cm³/mol. The van der Waals surface area contributed by atoms with Crippen molar-refractivity contribution in [3.63, 3.8) is 0 Å². The standard InChI is InChI=1S/C16H26N3OP/c1-13(14-9-5-4-6-10-14)17-21(20)18(2)15-11-7-8-12-16(15)19(21)3/h4-6,9-10,13,15-16H,7-8,11-12H2,1-3H3,(H,17,20)/t13-,15+,16+/m0/s1. The molecule has 21 heavy (non-hydrogen) atoms. The summed E-state index contributed by atoms with van der Waals surface area (Å²) in [6.45, 7) is 2.10. The average Bonchev–Trinajstić information content (AvgIpc) is 2.71. The summed E-state index contributed by atoms with van der Waals surface area (Å²) in [6, 6.07) is 11.2. The first-order valence-electron chi connectivity index (χ1n) is 7.93. The molecule has 0 radical (unpaired) electrons. The maximum absolute atomic E-state index is 13.6. The second-order valence-corrected chi connectivity index (χ2v) is 8.98. The molecule has 0 bridgehead atoms. The average molecular weight is 307 g/mol. The normalized spacial score (nSPS) is 31.0. The Hall–Kier alpha value is -0.670. The molecular weight excluding hydrogens is 281 g/mol. The Labute approximate surface area is 128 Å². The third kappa shape index (κ3) is 2.59. The molecule has 0 spiro atoms. The molecule has 1 aliphatic heterocycles. The van der Waals surface area contributed by atoms with Gasteiger partial charge in [0.15, 0.2) is 0 Å². The Bertz CT molecular complexity index is 514. The van der Waals surface area contributed by atoms with Crippen LogP contribution in [0.25, 0.3) is 0 Å². The topological polar surface area (TPSA) is 35.6 Å². The van der Waals surface area contributed by atoms with Crippen LogP contribution in [0.4, 0.5) is 0 Å². The fourth-order valence-corrected chi connectivity index (χ4v) is 6.64. The van der Waals surface area contributed by atoms with Gasteiger partial charge in [-0.3, -0.25) is 4.57 Å². The summed E-state index contributed by atoms with van der Waals surface area (Å²) < 4.78 is 17.8. The van der Waals surface area contributed by atoms with Gasteiger partial charge >= 0.3 is 0 Å². The molecule has 1 aromatic rings. The fourth-order valence-electron chi connectivity index (χ4n) is 3.84. The van der Waals surface area contributed by atoms with E-state index in [-0.39, 0.29) is 6.04 Å². The minimum absolute atomic E-state index is 0.0853. The molecule has 1 aliphatic carbocycles. The van der Waals surface area contributed by atoms with Crippen LogP contribution in [0.2, 0.25) is 0 Å². The van der Waals surface area contributed by atoms with Gasteiger partial charge in [-0.25, -0.2) is 14.4 Å². The fraction of sp³-hybridized carbons (Fsp3) is 0.625. The SMILES string of the molecule is C[C@H](NP1(=O)N(C)[C@@H]2CCCC[C@H]2N1C)c1ccccc1. The van der Waals surface area contributed by atoms with Crippen LogP contribution in [0, 0.1) is 0 Å². The lowest BCUT2D eigenvalue weighted by Crippen LogP contribution is -2.37. The van der Waals surface area contributed by atoms with Gasteiger partial charge in [0.25, 0.3) is 7.59 Å². The van der Waals surface area contributed by atoms with E-state index < -0.39 is 7.59 Å². The van der Waals surface area contributed by atoms with Crippen molar-refractivity contribution < 1.29 is 4.57 Å². The zero-order chi connectivity index (χ0) is 15.0. The van der Waals surface area contributed by atoms with Gasteiger partial charge in [-0.2, -0.15) is 0 Å². The molecule has 5 heteroatoms. The van der Waals surface area contributed by atoms with Crippen molar-refractivity contribution in [2.45, 2.75) is 50.7 Å². The number of nitrogens with zero attached hydrogens (tertiary/aromatic N) is 2. The quantitative estimate of drug-likeness (QED) is 0.865. The first kappa shape index (κ1) is 15.2. The highest BCUT2D eigenvalue weighted by molar-refractivity contribution is 7.57. The highest BCUT2D eigenvalue weighted by Gasteiger charge is 2.52. The van der Waals surface area contributed by atoms with E-state index in [1.54, 1.807) is 0 Å². The van der Waals surface area contributed by atoms with Crippen LogP contribution < -0.4 is 5.09 Å². The molecule has 3 atom stereocenters. The van der Waals surface area contributed by atoms with E-state index in [2.05, 4.69) is 33.5 Å². The number of nitrogens with one attached hydrogen (secondary N) is 1. The van der Waals surface area contributed by atoms with Gasteiger partial charge in [0.05, 0.1) is 0 Å². The molecule has 1 saturated carbocycles. The number of likely N-dealkylation sites (N-methyl/N-ethyl adjacent to an activating group) is 2. The summed E-state index contributed by atoms with van der Waals surface area (Å²) in [7, 11) is 1.39. The zero-order valence-electron chi connectivity index (χ0n) is 13.2. The van der Waals surface area contributed by atoms with Gasteiger partial charge in [0.1, 0.15) is 0 Å². The van der Waals surface area contributed by atoms with Crippen molar-refractivity contribution in [3.05, 3.63) is 35.9 Å². The van der Waals surface area contributed by atoms with E-state index in [9.17, 15) is 4.57 Å². The Morgan fingerprint density at radius 2 is 1.62 bits per heavy atom. The summed E-state index contributed by atoms with van der Waals surface area (Å²) in [5.41, 5.74) is 1.18. The lowest BCUT2D eigenvalue weighted by atomic mass is 9.91. The number of fused-ring (bicyclic) bond motifs is 1. The van der Waals surface area contributed by atoms with Crippen LogP contribution in [0.3, 0.4) is 0 Å². The molecule has 0 amide bonds. The summed E-state index contributed by atoms with van der Waals surface area (Å²) in [5, 5.41) is 3.43. The van der Waals surface area contributed by atoms with Crippen LogP contribution >= 0.6 is 7.59 Å². The van der Waals surface area contributed by atoms with Crippen molar-refractivity contribution in [1.29, 1.82) is 0 Å². The summed E-state index contributed by atoms with van der Waals surface area (Å²) >= 11 is 0. The van der Waals surface area contributed by atoms with E-state index in [0.29, 0.717) is 12.1 Å². The Morgan fingerprint density at radius 3 is 2.14 bits per heavy atom. The maximum atomic E-state index is 13.6. The second-order valence-electron chi connectivity index (χ2n) is 6.37. The van der Waals surface area contributed by atoms with E-state index in [1.807, 2.05) is 32.3 Å². The largest absolute Gasteiger partial charge is 0.284 e. The minimum Gasteiger partial charge on any atom is -0.270 e. The van der Waals surface area contributed by atoms with Gasteiger partial charge in [0, 0.05) is 18.1 Å². The monoisotopic (exact) mass is 307 g/mol. The molecule has 4 nitrogen and oxygen atoms in total. The number of benzene rings is 1. The van der Waals surface area contributed by atoms with Crippen molar-refractivity contribution in [3.8, 4) is 0 Å². The predicted octanol–water partition coefficient (Wildman–Crippen LogP) is 3.63. The lowest BCUT2D eigenvalue weighted by Gasteiger charge is -2.30. The third-order valence-electron chi connectivity index (χ3n) is 5.17. The van der Waals surface area contributed by atoms with Crippen molar-refractivity contribution in [1.82, 2.24) is 14.4 Å². The van der Waals surface area contributed by atoms with E-state index in [0.717, 1.165) is 12.8 Å². The molecule has 1 aromatic carbocycles. The molecule has 1 N–H and O–H groups in total. The first-order valence-corrected chi connectivity index (χ1v) is 9.54. The smallest absolute Gasteiger partial charge is 0.270 e. The molecular formula is C16H26N3OP. The first-order chi connectivity index (χ1) is 10.0. The van der Waals surface area contributed by atoms with Crippen LogP contribution in [0.1, 0.15) is 44.2 Å². The number of hydrogen-bond donors (Lipinski definition) is 1. The van der Waals surface area contributed by atoms with Gasteiger partial charge < -0.3 is 0 Å². The van der Waals surface area contributed by atoms with Gasteiger partial charge in [-0.15, -0.1) is 0 Å². The summed E-state index contributed by atoms with van der Waals surface area (Å²) in [6.07, 6.45) is 4.84. The maximum Gasteiger partial charge on any atom is 0.284 e. The molecule has 2 fully saturated rings. The molecule has 1 saturated heterocycles. The van der Waals surface area contributed by atoms with Crippen LogP contribution in [0.15, 0.2) is 30.3 Å². The molecule has 3 rings (SSSR count). The minimum atomic E-state index is -2.66. The second kappa shape index (κ2) is 5.85. The van der Waals surface area contributed by atoms with E-state index in [4.69, 9.17) is 0 Å². The molecule has 0 aromatic heterocycles. The third-order valence-corrected chi connectivity index (χ3v) is 8.20.